The second kappa shape index (κ2) is 5.61. The third kappa shape index (κ3) is 2.50. The number of halogens is 1. The van der Waals surface area contributed by atoms with Crippen LogP contribution >= 0.6 is 22.6 Å². The molecule has 1 aliphatic rings. The lowest BCUT2D eigenvalue weighted by molar-refractivity contribution is 0.169. The Morgan fingerprint density at radius 2 is 1.85 bits per heavy atom. The molecule has 1 aliphatic heterocycles. The highest BCUT2D eigenvalue weighted by molar-refractivity contribution is 14.1. The average molecular weight is 382 g/mol. The molecule has 3 nitrogen and oxygen atoms in total. The smallest absolute Gasteiger partial charge is 0.161 e. The van der Waals surface area contributed by atoms with E-state index in [9.17, 15) is 5.11 Å². The molecule has 0 radical (unpaired) electrons. The lowest BCUT2D eigenvalue weighted by Gasteiger charge is -2.21. The molecule has 0 bridgehead atoms. The molecule has 0 saturated carbocycles. The molecule has 0 amide bonds. The second-order valence-electron chi connectivity index (χ2n) is 4.78. The molecule has 1 N–H and O–H groups in total. The Morgan fingerprint density at radius 3 is 2.65 bits per heavy atom. The van der Waals surface area contributed by atoms with Gasteiger partial charge >= 0.3 is 0 Å². The zero-order valence-corrected chi connectivity index (χ0v) is 13.3. The van der Waals surface area contributed by atoms with Crippen LogP contribution in [-0.2, 0) is 0 Å². The van der Waals surface area contributed by atoms with Gasteiger partial charge in [-0.2, -0.15) is 0 Å². The number of aliphatic hydroxyl groups is 1. The fourth-order valence-electron chi connectivity index (χ4n) is 2.29. The summed E-state index contributed by atoms with van der Waals surface area (Å²) in [5.74, 6) is 1.45. The van der Waals surface area contributed by atoms with Gasteiger partial charge < -0.3 is 14.6 Å². The highest BCUT2D eigenvalue weighted by Gasteiger charge is 2.18. The van der Waals surface area contributed by atoms with Crippen molar-refractivity contribution in [1.82, 2.24) is 0 Å². The molecule has 0 fully saturated rings. The van der Waals surface area contributed by atoms with Gasteiger partial charge in [-0.1, -0.05) is 24.3 Å². The van der Waals surface area contributed by atoms with Gasteiger partial charge in [-0.3, -0.25) is 0 Å². The first kappa shape index (κ1) is 13.7. The monoisotopic (exact) mass is 382 g/mol. The Kier molecular flexibility index (Phi) is 3.85. The van der Waals surface area contributed by atoms with Crippen LogP contribution in [0.2, 0.25) is 0 Å². The normalized spacial score (nSPS) is 14.9. The Hall–Kier alpha value is -1.27. The summed E-state index contributed by atoms with van der Waals surface area (Å²) in [5, 5.41) is 10.6. The molecule has 4 heteroatoms. The number of rotatable bonds is 2. The third-order valence-corrected chi connectivity index (χ3v) is 4.87. The highest BCUT2D eigenvalue weighted by atomic mass is 127. The molecule has 0 spiro atoms. The first-order chi connectivity index (χ1) is 9.66. The minimum Gasteiger partial charge on any atom is -0.486 e. The van der Waals surface area contributed by atoms with Gasteiger partial charge in [0.15, 0.2) is 11.5 Å². The minimum atomic E-state index is -0.655. The van der Waals surface area contributed by atoms with Crippen LogP contribution in [0.1, 0.15) is 22.8 Å². The average Bonchev–Trinajstić information content (AvgIpc) is 2.49. The predicted molar refractivity (Wildman–Crippen MR) is 85.4 cm³/mol. The van der Waals surface area contributed by atoms with Crippen LogP contribution in [0.25, 0.3) is 0 Å². The number of fused-ring (bicyclic) bond motifs is 1. The van der Waals surface area contributed by atoms with E-state index in [0.717, 1.165) is 20.4 Å². The second-order valence-corrected chi connectivity index (χ2v) is 5.86. The first-order valence-electron chi connectivity index (χ1n) is 6.49. The molecule has 0 aliphatic carbocycles. The van der Waals surface area contributed by atoms with Crippen molar-refractivity contribution in [3.8, 4) is 11.5 Å². The number of hydrogen-bond donors (Lipinski definition) is 1. The van der Waals surface area contributed by atoms with Gasteiger partial charge in [0.05, 0.1) is 0 Å². The minimum absolute atomic E-state index is 0.550. The molecule has 0 aromatic heterocycles. The summed E-state index contributed by atoms with van der Waals surface area (Å²) in [6.07, 6.45) is -0.655. The van der Waals surface area contributed by atoms with Crippen molar-refractivity contribution in [3.05, 3.63) is 56.7 Å². The van der Waals surface area contributed by atoms with Gasteiger partial charge in [-0.25, -0.2) is 0 Å². The largest absolute Gasteiger partial charge is 0.486 e. The van der Waals surface area contributed by atoms with Crippen molar-refractivity contribution in [2.24, 2.45) is 0 Å². The Bertz CT molecular complexity index is 640. The lowest BCUT2D eigenvalue weighted by Crippen LogP contribution is -2.15. The van der Waals surface area contributed by atoms with Gasteiger partial charge in [0.2, 0.25) is 0 Å². The Morgan fingerprint density at radius 1 is 1.10 bits per heavy atom. The van der Waals surface area contributed by atoms with Crippen LogP contribution in [0.4, 0.5) is 0 Å². The summed E-state index contributed by atoms with van der Waals surface area (Å²) in [4.78, 5) is 0. The fourth-order valence-corrected chi connectivity index (χ4v) is 2.95. The molecule has 1 atom stereocenters. The molecule has 2 aromatic rings. The van der Waals surface area contributed by atoms with E-state index < -0.39 is 6.10 Å². The number of benzene rings is 2. The zero-order valence-electron chi connectivity index (χ0n) is 11.1. The number of hydrogen-bond acceptors (Lipinski definition) is 3. The van der Waals surface area contributed by atoms with Crippen LogP contribution in [0.15, 0.2) is 36.4 Å². The van der Waals surface area contributed by atoms with E-state index in [1.807, 2.05) is 43.3 Å². The summed E-state index contributed by atoms with van der Waals surface area (Å²) < 4.78 is 12.2. The molecule has 104 valence electrons. The molecule has 1 heterocycles. The molecular formula is C16H15IO3. The van der Waals surface area contributed by atoms with Gasteiger partial charge in [0, 0.05) is 3.57 Å². The van der Waals surface area contributed by atoms with Crippen molar-refractivity contribution in [3.63, 3.8) is 0 Å². The Balaban J connectivity index is 1.98. The summed E-state index contributed by atoms with van der Waals surface area (Å²) in [7, 11) is 0. The third-order valence-electron chi connectivity index (χ3n) is 3.40. The molecule has 2 aromatic carbocycles. The van der Waals surface area contributed by atoms with Crippen molar-refractivity contribution in [1.29, 1.82) is 0 Å². The Labute approximate surface area is 131 Å². The quantitative estimate of drug-likeness (QED) is 0.809. The highest BCUT2D eigenvalue weighted by Crippen LogP contribution is 2.35. The maximum atomic E-state index is 10.6. The molecular weight excluding hydrogens is 367 g/mol. The summed E-state index contributed by atoms with van der Waals surface area (Å²) in [6, 6.07) is 11.6. The molecule has 20 heavy (non-hydrogen) atoms. The fraction of sp³-hybridized carbons (Fsp3) is 0.250. The van der Waals surface area contributed by atoms with Gasteiger partial charge in [0.1, 0.15) is 19.3 Å². The first-order valence-corrected chi connectivity index (χ1v) is 7.57. The number of ether oxygens (including phenoxy) is 2. The van der Waals surface area contributed by atoms with E-state index in [-0.39, 0.29) is 0 Å². The van der Waals surface area contributed by atoms with E-state index >= 15 is 0 Å². The van der Waals surface area contributed by atoms with Crippen molar-refractivity contribution >= 4 is 22.6 Å². The van der Waals surface area contributed by atoms with Gasteiger partial charge in [0.25, 0.3) is 0 Å². The topological polar surface area (TPSA) is 38.7 Å². The molecule has 0 saturated heterocycles. The van der Waals surface area contributed by atoms with Crippen molar-refractivity contribution in [2.45, 2.75) is 13.0 Å². The van der Waals surface area contributed by atoms with Crippen LogP contribution < -0.4 is 9.47 Å². The van der Waals surface area contributed by atoms with Crippen LogP contribution in [0, 0.1) is 10.5 Å². The van der Waals surface area contributed by atoms with Crippen molar-refractivity contribution < 1.29 is 14.6 Å². The standard InChI is InChI=1S/C16H15IO3/c1-10-3-2-4-12(15(10)17)16(18)11-5-6-13-14(9-11)20-8-7-19-13/h2-6,9,16,18H,7-8H2,1H3. The predicted octanol–water partition coefficient (Wildman–Crippen LogP) is 3.45. The SMILES string of the molecule is Cc1cccc(C(O)c2ccc3c(c2)OCCO3)c1I. The maximum Gasteiger partial charge on any atom is 0.161 e. The number of aryl methyl sites for hydroxylation is 1. The zero-order chi connectivity index (χ0) is 14.1. The lowest BCUT2D eigenvalue weighted by atomic mass is 9.99. The molecule has 3 rings (SSSR count). The van der Waals surface area contributed by atoms with E-state index in [1.165, 1.54) is 5.56 Å². The van der Waals surface area contributed by atoms with Crippen LogP contribution in [0.3, 0.4) is 0 Å². The van der Waals surface area contributed by atoms with E-state index in [0.29, 0.717) is 19.0 Å². The van der Waals surface area contributed by atoms with Crippen molar-refractivity contribution in [2.75, 3.05) is 13.2 Å². The van der Waals surface area contributed by atoms with E-state index in [1.54, 1.807) is 0 Å². The summed E-state index contributed by atoms with van der Waals surface area (Å²) >= 11 is 2.27. The van der Waals surface area contributed by atoms with Gasteiger partial charge in [-0.15, -0.1) is 0 Å². The van der Waals surface area contributed by atoms with E-state index in [4.69, 9.17) is 9.47 Å². The summed E-state index contributed by atoms with van der Waals surface area (Å²) in [5.41, 5.74) is 2.90. The summed E-state index contributed by atoms with van der Waals surface area (Å²) in [6.45, 7) is 3.17. The molecule has 1 unspecified atom stereocenters. The van der Waals surface area contributed by atoms with Crippen LogP contribution in [0.5, 0.6) is 11.5 Å². The maximum absolute atomic E-state index is 10.6. The number of aliphatic hydroxyl groups excluding tert-OH is 1. The van der Waals surface area contributed by atoms with Gasteiger partial charge in [-0.05, 0) is 58.3 Å². The van der Waals surface area contributed by atoms with Crippen LogP contribution in [-0.4, -0.2) is 18.3 Å². The van der Waals surface area contributed by atoms with E-state index in [2.05, 4.69) is 22.6 Å².